The van der Waals surface area contributed by atoms with E-state index in [2.05, 4.69) is 9.88 Å². The molecule has 0 aliphatic heterocycles. The maximum atomic E-state index is 12.6. The molecule has 4 heteroatoms. The van der Waals surface area contributed by atoms with Gasteiger partial charge in [0.2, 0.25) is 0 Å². The van der Waals surface area contributed by atoms with E-state index in [0.29, 0.717) is 16.8 Å². The maximum absolute atomic E-state index is 12.6. The van der Waals surface area contributed by atoms with Gasteiger partial charge in [-0.25, -0.2) is 4.98 Å². The van der Waals surface area contributed by atoms with Crippen LogP contribution in [-0.2, 0) is 6.42 Å². The van der Waals surface area contributed by atoms with E-state index in [9.17, 15) is 4.79 Å². The molecule has 3 nitrogen and oxygen atoms in total. The van der Waals surface area contributed by atoms with E-state index in [0.717, 1.165) is 37.4 Å². The van der Waals surface area contributed by atoms with Crippen LogP contribution < -0.4 is 0 Å². The standard InChI is InChI=1S/C15H19ClN2O/c1-2-12-7-11(8-14(16)17-12)15(19)18(13-5-6-13)9-10-3-4-10/h7-8,10,13H,2-6,9H2,1H3. The topological polar surface area (TPSA) is 33.2 Å². The van der Waals surface area contributed by atoms with E-state index in [1.165, 1.54) is 12.8 Å². The van der Waals surface area contributed by atoms with Gasteiger partial charge in [0.25, 0.3) is 5.91 Å². The van der Waals surface area contributed by atoms with Crippen LogP contribution in [0.4, 0.5) is 0 Å². The summed E-state index contributed by atoms with van der Waals surface area (Å²) in [6.45, 7) is 2.95. The molecule has 0 radical (unpaired) electrons. The van der Waals surface area contributed by atoms with Crippen molar-refractivity contribution in [3.63, 3.8) is 0 Å². The highest BCUT2D eigenvalue weighted by Gasteiger charge is 2.36. The van der Waals surface area contributed by atoms with Gasteiger partial charge < -0.3 is 4.90 Å². The van der Waals surface area contributed by atoms with Crippen LogP contribution in [0.1, 0.15) is 48.7 Å². The van der Waals surface area contributed by atoms with Crippen LogP contribution in [0.2, 0.25) is 5.15 Å². The zero-order valence-electron chi connectivity index (χ0n) is 11.2. The van der Waals surface area contributed by atoms with Gasteiger partial charge >= 0.3 is 0 Å². The van der Waals surface area contributed by atoms with Crippen molar-refractivity contribution < 1.29 is 4.79 Å². The summed E-state index contributed by atoms with van der Waals surface area (Å²) in [6.07, 6.45) is 5.64. The smallest absolute Gasteiger partial charge is 0.254 e. The first-order valence-corrected chi connectivity index (χ1v) is 7.52. The number of aromatic nitrogens is 1. The molecule has 102 valence electrons. The lowest BCUT2D eigenvalue weighted by molar-refractivity contribution is 0.0734. The third kappa shape index (κ3) is 3.08. The molecule has 1 amide bonds. The summed E-state index contributed by atoms with van der Waals surface area (Å²) in [4.78, 5) is 18.9. The molecule has 0 bridgehead atoms. The van der Waals surface area contributed by atoms with E-state index in [1.807, 2.05) is 13.0 Å². The molecule has 2 aliphatic rings. The molecule has 1 aromatic heterocycles. The third-order valence-corrected chi connectivity index (χ3v) is 4.05. The van der Waals surface area contributed by atoms with E-state index >= 15 is 0 Å². The fourth-order valence-corrected chi connectivity index (χ4v) is 2.61. The minimum absolute atomic E-state index is 0.133. The second kappa shape index (κ2) is 5.12. The number of nitrogens with zero attached hydrogens (tertiary/aromatic N) is 2. The minimum atomic E-state index is 0.133. The Bertz CT molecular complexity index is 495. The first-order valence-electron chi connectivity index (χ1n) is 7.14. The van der Waals surface area contributed by atoms with Gasteiger partial charge in [-0.2, -0.15) is 0 Å². The maximum Gasteiger partial charge on any atom is 0.254 e. The van der Waals surface area contributed by atoms with Crippen molar-refractivity contribution in [3.05, 3.63) is 28.5 Å². The summed E-state index contributed by atoms with van der Waals surface area (Å²) >= 11 is 6.01. The Balaban J connectivity index is 1.81. The van der Waals surface area contributed by atoms with Gasteiger partial charge in [0.05, 0.1) is 0 Å². The van der Waals surface area contributed by atoms with E-state index in [1.54, 1.807) is 6.07 Å². The van der Waals surface area contributed by atoms with Gasteiger partial charge in [-0.1, -0.05) is 18.5 Å². The molecule has 1 heterocycles. The number of aryl methyl sites for hydroxylation is 1. The Morgan fingerprint density at radius 2 is 2.11 bits per heavy atom. The third-order valence-electron chi connectivity index (χ3n) is 3.86. The lowest BCUT2D eigenvalue weighted by Gasteiger charge is -2.22. The summed E-state index contributed by atoms with van der Waals surface area (Å²) < 4.78 is 0. The zero-order valence-corrected chi connectivity index (χ0v) is 12.0. The molecule has 0 aromatic carbocycles. The lowest BCUT2D eigenvalue weighted by atomic mass is 10.1. The van der Waals surface area contributed by atoms with Gasteiger partial charge in [0.1, 0.15) is 5.15 Å². The number of rotatable bonds is 5. The molecule has 0 unspecified atom stereocenters. The molecule has 2 saturated carbocycles. The second-order valence-electron chi connectivity index (χ2n) is 5.66. The highest BCUT2D eigenvalue weighted by molar-refractivity contribution is 6.29. The highest BCUT2D eigenvalue weighted by Crippen LogP contribution is 2.35. The zero-order chi connectivity index (χ0) is 13.4. The Morgan fingerprint density at radius 1 is 1.37 bits per heavy atom. The number of carbonyl (C=O) groups excluding carboxylic acids is 1. The van der Waals surface area contributed by atoms with Crippen LogP contribution in [0.5, 0.6) is 0 Å². The Morgan fingerprint density at radius 3 is 2.68 bits per heavy atom. The largest absolute Gasteiger partial charge is 0.335 e. The molecule has 0 N–H and O–H groups in total. The SMILES string of the molecule is CCc1cc(C(=O)N(CC2CC2)C2CC2)cc(Cl)n1. The minimum Gasteiger partial charge on any atom is -0.335 e. The summed E-state index contributed by atoms with van der Waals surface area (Å²) in [5.41, 5.74) is 1.59. The molecule has 19 heavy (non-hydrogen) atoms. The number of halogens is 1. The van der Waals surface area contributed by atoms with Crippen molar-refractivity contribution in [2.24, 2.45) is 5.92 Å². The summed E-state index contributed by atoms with van der Waals surface area (Å²) in [6, 6.07) is 4.05. The Kier molecular flexibility index (Phi) is 3.48. The van der Waals surface area contributed by atoms with Crippen molar-refractivity contribution in [2.45, 2.75) is 45.1 Å². The highest BCUT2D eigenvalue weighted by atomic mass is 35.5. The van der Waals surface area contributed by atoms with E-state index in [-0.39, 0.29) is 5.91 Å². The van der Waals surface area contributed by atoms with Gasteiger partial charge in [-0.15, -0.1) is 0 Å². The predicted molar refractivity (Wildman–Crippen MR) is 75.4 cm³/mol. The predicted octanol–water partition coefficient (Wildman–Crippen LogP) is 3.31. The number of amides is 1. The number of hydrogen-bond acceptors (Lipinski definition) is 2. The quantitative estimate of drug-likeness (QED) is 0.774. The average molecular weight is 279 g/mol. The van der Waals surface area contributed by atoms with Gasteiger partial charge in [0, 0.05) is 23.8 Å². The molecule has 0 spiro atoms. The Labute approximate surface area is 119 Å². The van der Waals surface area contributed by atoms with Crippen molar-refractivity contribution in [1.29, 1.82) is 0 Å². The van der Waals surface area contributed by atoms with Crippen molar-refractivity contribution in [2.75, 3.05) is 6.54 Å². The monoisotopic (exact) mass is 278 g/mol. The van der Waals surface area contributed by atoms with E-state index < -0.39 is 0 Å². The second-order valence-corrected chi connectivity index (χ2v) is 6.04. The first-order chi connectivity index (χ1) is 9.17. The molecule has 2 fully saturated rings. The number of pyridine rings is 1. The first kappa shape index (κ1) is 12.9. The molecular weight excluding hydrogens is 260 g/mol. The molecule has 2 aliphatic carbocycles. The Hall–Kier alpha value is -1.09. The molecular formula is C15H19ClN2O. The van der Waals surface area contributed by atoms with Crippen LogP contribution in [0.15, 0.2) is 12.1 Å². The van der Waals surface area contributed by atoms with E-state index in [4.69, 9.17) is 11.6 Å². The summed E-state index contributed by atoms with van der Waals surface area (Å²) in [7, 11) is 0. The molecule has 0 atom stereocenters. The van der Waals surface area contributed by atoms with Crippen LogP contribution in [-0.4, -0.2) is 28.4 Å². The van der Waals surface area contributed by atoms with Gasteiger partial charge in [0.15, 0.2) is 0 Å². The van der Waals surface area contributed by atoms with Crippen molar-refractivity contribution >= 4 is 17.5 Å². The lowest BCUT2D eigenvalue weighted by Crippen LogP contribution is -2.35. The number of carbonyl (C=O) groups is 1. The van der Waals surface area contributed by atoms with Crippen LogP contribution in [0.25, 0.3) is 0 Å². The fourth-order valence-electron chi connectivity index (χ4n) is 2.38. The molecule has 3 rings (SSSR count). The molecule has 1 aromatic rings. The van der Waals surface area contributed by atoms with Gasteiger partial charge in [-0.3, -0.25) is 4.79 Å². The normalized spacial score (nSPS) is 18.4. The summed E-state index contributed by atoms with van der Waals surface area (Å²) in [5.74, 6) is 0.862. The van der Waals surface area contributed by atoms with Gasteiger partial charge in [-0.05, 0) is 50.2 Å². The fraction of sp³-hybridized carbons (Fsp3) is 0.600. The van der Waals surface area contributed by atoms with Crippen LogP contribution in [0, 0.1) is 5.92 Å². The average Bonchev–Trinajstić information content (AvgIpc) is 3.27. The summed E-state index contributed by atoms with van der Waals surface area (Å²) in [5, 5.41) is 0.421. The van der Waals surface area contributed by atoms with Crippen LogP contribution >= 0.6 is 11.6 Å². The van der Waals surface area contributed by atoms with Crippen LogP contribution in [0.3, 0.4) is 0 Å². The van der Waals surface area contributed by atoms with Crippen molar-refractivity contribution in [3.8, 4) is 0 Å². The number of hydrogen-bond donors (Lipinski definition) is 0. The van der Waals surface area contributed by atoms with Crippen molar-refractivity contribution in [1.82, 2.24) is 9.88 Å². The molecule has 0 saturated heterocycles.